The highest BCUT2D eigenvalue weighted by atomic mass is 15.0. The molecule has 2 heterocycles. The molecule has 1 N–H and O–H groups in total. The average Bonchev–Trinajstić information content (AvgIpc) is 2.45. The molecule has 0 fully saturated rings. The second-order valence-electron chi connectivity index (χ2n) is 5.55. The number of anilines is 1. The first-order chi connectivity index (χ1) is 9.56. The van der Waals surface area contributed by atoms with Gasteiger partial charge in [-0.2, -0.15) is 0 Å². The van der Waals surface area contributed by atoms with Gasteiger partial charge < -0.3 is 5.32 Å². The maximum atomic E-state index is 4.63. The van der Waals surface area contributed by atoms with E-state index in [1.165, 1.54) is 5.56 Å². The van der Waals surface area contributed by atoms with Crippen LogP contribution in [-0.2, 0) is 6.54 Å². The lowest BCUT2D eigenvalue weighted by molar-refractivity contribution is 0.730. The summed E-state index contributed by atoms with van der Waals surface area (Å²) >= 11 is 0. The van der Waals surface area contributed by atoms with Crippen molar-refractivity contribution in [1.82, 2.24) is 15.0 Å². The van der Waals surface area contributed by atoms with Gasteiger partial charge in [-0.15, -0.1) is 0 Å². The molecule has 2 aromatic heterocycles. The molecule has 20 heavy (non-hydrogen) atoms. The van der Waals surface area contributed by atoms with E-state index in [4.69, 9.17) is 0 Å². The van der Waals surface area contributed by atoms with Gasteiger partial charge in [-0.25, -0.2) is 9.97 Å². The molecule has 0 atom stereocenters. The Morgan fingerprint density at radius 2 is 1.70 bits per heavy atom. The van der Waals surface area contributed by atoms with Crippen molar-refractivity contribution >= 4 is 5.82 Å². The first-order valence-corrected chi connectivity index (χ1v) is 7.08. The molecule has 4 heteroatoms. The first-order valence-electron chi connectivity index (χ1n) is 7.08. The van der Waals surface area contributed by atoms with E-state index in [1.807, 2.05) is 18.2 Å². The van der Waals surface area contributed by atoms with Crippen molar-refractivity contribution in [2.45, 2.75) is 46.1 Å². The van der Waals surface area contributed by atoms with E-state index >= 15 is 0 Å². The number of nitrogens with zero attached hydrogens (tertiary/aromatic N) is 3. The lowest BCUT2D eigenvalue weighted by atomic mass is 10.1. The predicted octanol–water partition coefficient (Wildman–Crippen LogP) is 3.73. The Hall–Kier alpha value is -1.97. The standard InChI is InChI=1S/C16H22N4/c1-11(2)14-9-15(20-16(19-14)12(3)4)18-10-13-5-7-17-8-6-13/h5-9,11-12H,10H2,1-4H3,(H,18,19,20). The summed E-state index contributed by atoms with van der Waals surface area (Å²) in [5, 5.41) is 3.37. The lowest BCUT2D eigenvalue weighted by Crippen LogP contribution is -2.08. The SMILES string of the molecule is CC(C)c1cc(NCc2ccncc2)nc(C(C)C)n1. The van der Waals surface area contributed by atoms with Gasteiger partial charge in [-0.3, -0.25) is 4.98 Å². The quantitative estimate of drug-likeness (QED) is 0.899. The van der Waals surface area contributed by atoms with Gasteiger partial charge in [0.05, 0.1) is 0 Å². The van der Waals surface area contributed by atoms with E-state index in [9.17, 15) is 0 Å². The Bertz CT molecular complexity index is 523. The molecule has 0 aromatic carbocycles. The molecule has 0 aliphatic rings. The minimum absolute atomic E-state index is 0.329. The molecule has 2 rings (SSSR count). The van der Waals surface area contributed by atoms with Gasteiger partial charge in [0.15, 0.2) is 0 Å². The summed E-state index contributed by atoms with van der Waals surface area (Å²) in [6.45, 7) is 9.28. The van der Waals surface area contributed by atoms with E-state index in [1.54, 1.807) is 12.4 Å². The molecule has 106 valence electrons. The van der Waals surface area contributed by atoms with Crippen LogP contribution < -0.4 is 5.32 Å². The van der Waals surface area contributed by atoms with Gasteiger partial charge in [0.1, 0.15) is 11.6 Å². The summed E-state index contributed by atoms with van der Waals surface area (Å²) in [5.74, 6) is 2.52. The van der Waals surface area contributed by atoms with Gasteiger partial charge in [-0.1, -0.05) is 27.7 Å². The fourth-order valence-electron chi connectivity index (χ4n) is 1.82. The number of pyridine rings is 1. The van der Waals surface area contributed by atoms with Gasteiger partial charge >= 0.3 is 0 Å². The topological polar surface area (TPSA) is 50.7 Å². The van der Waals surface area contributed by atoms with Crippen LogP contribution in [-0.4, -0.2) is 15.0 Å². The molecule has 0 unspecified atom stereocenters. The van der Waals surface area contributed by atoms with Crippen LogP contribution in [0.5, 0.6) is 0 Å². The second kappa shape index (κ2) is 6.46. The summed E-state index contributed by atoms with van der Waals surface area (Å²) in [4.78, 5) is 13.2. The maximum Gasteiger partial charge on any atom is 0.133 e. The zero-order valence-electron chi connectivity index (χ0n) is 12.6. The van der Waals surface area contributed by atoms with Crippen LogP contribution in [0.3, 0.4) is 0 Å². The lowest BCUT2D eigenvalue weighted by Gasteiger charge is -2.13. The Labute approximate surface area is 120 Å². The third kappa shape index (κ3) is 3.76. The van der Waals surface area contributed by atoms with Crippen LogP contribution in [0.4, 0.5) is 5.82 Å². The molecule has 0 amide bonds. The van der Waals surface area contributed by atoms with Crippen LogP contribution >= 0.6 is 0 Å². The Kier molecular flexibility index (Phi) is 4.66. The Balaban J connectivity index is 2.18. The highest BCUT2D eigenvalue weighted by molar-refractivity contribution is 5.38. The predicted molar refractivity (Wildman–Crippen MR) is 81.8 cm³/mol. The molecule has 4 nitrogen and oxygen atoms in total. The highest BCUT2D eigenvalue weighted by Crippen LogP contribution is 2.19. The van der Waals surface area contributed by atoms with Gasteiger partial charge in [-0.05, 0) is 23.6 Å². The normalized spacial score (nSPS) is 11.1. The number of aromatic nitrogens is 3. The smallest absolute Gasteiger partial charge is 0.133 e. The molecule has 0 aliphatic heterocycles. The third-order valence-corrected chi connectivity index (χ3v) is 3.09. The first kappa shape index (κ1) is 14.4. The average molecular weight is 270 g/mol. The Morgan fingerprint density at radius 1 is 1.00 bits per heavy atom. The number of rotatable bonds is 5. The molecule has 2 aromatic rings. The molecule has 0 radical (unpaired) electrons. The van der Waals surface area contributed by atoms with E-state index in [-0.39, 0.29) is 0 Å². The third-order valence-electron chi connectivity index (χ3n) is 3.09. The molecule has 0 spiro atoms. The van der Waals surface area contributed by atoms with Crippen molar-refractivity contribution in [1.29, 1.82) is 0 Å². The van der Waals surface area contributed by atoms with Gasteiger partial charge in [0, 0.05) is 36.6 Å². The van der Waals surface area contributed by atoms with E-state index in [0.717, 1.165) is 23.9 Å². The second-order valence-corrected chi connectivity index (χ2v) is 5.55. The van der Waals surface area contributed by atoms with Crippen molar-refractivity contribution in [3.63, 3.8) is 0 Å². The fourth-order valence-corrected chi connectivity index (χ4v) is 1.82. The largest absolute Gasteiger partial charge is 0.366 e. The highest BCUT2D eigenvalue weighted by Gasteiger charge is 2.10. The van der Waals surface area contributed by atoms with Gasteiger partial charge in [0.2, 0.25) is 0 Å². The fraction of sp³-hybridized carbons (Fsp3) is 0.438. The molecule has 0 saturated carbocycles. The molecule has 0 aliphatic carbocycles. The minimum Gasteiger partial charge on any atom is -0.366 e. The summed E-state index contributed by atoms with van der Waals surface area (Å²) in [6.07, 6.45) is 3.60. The van der Waals surface area contributed by atoms with Crippen molar-refractivity contribution < 1.29 is 0 Å². The summed E-state index contributed by atoms with van der Waals surface area (Å²) in [7, 11) is 0. The summed E-state index contributed by atoms with van der Waals surface area (Å²) in [6, 6.07) is 6.04. The number of nitrogens with one attached hydrogen (secondary N) is 1. The van der Waals surface area contributed by atoms with Crippen LogP contribution in [0.2, 0.25) is 0 Å². The van der Waals surface area contributed by atoms with E-state index in [0.29, 0.717) is 11.8 Å². The molecular formula is C16H22N4. The monoisotopic (exact) mass is 270 g/mol. The number of hydrogen-bond acceptors (Lipinski definition) is 4. The van der Waals surface area contributed by atoms with E-state index in [2.05, 4.69) is 48.0 Å². The maximum absolute atomic E-state index is 4.63. The zero-order chi connectivity index (χ0) is 14.5. The zero-order valence-corrected chi connectivity index (χ0v) is 12.6. The summed E-state index contributed by atoms with van der Waals surface area (Å²) in [5.41, 5.74) is 2.27. The van der Waals surface area contributed by atoms with Crippen molar-refractivity contribution in [2.75, 3.05) is 5.32 Å². The minimum atomic E-state index is 0.329. The molecule has 0 saturated heterocycles. The van der Waals surface area contributed by atoms with Crippen molar-refractivity contribution in [3.05, 3.63) is 47.7 Å². The van der Waals surface area contributed by atoms with Crippen molar-refractivity contribution in [3.8, 4) is 0 Å². The van der Waals surface area contributed by atoms with E-state index < -0.39 is 0 Å². The summed E-state index contributed by atoms with van der Waals surface area (Å²) < 4.78 is 0. The van der Waals surface area contributed by atoms with Crippen molar-refractivity contribution in [2.24, 2.45) is 0 Å². The van der Waals surface area contributed by atoms with Crippen LogP contribution in [0.25, 0.3) is 0 Å². The van der Waals surface area contributed by atoms with Crippen LogP contribution in [0.15, 0.2) is 30.6 Å². The molecular weight excluding hydrogens is 248 g/mol. The molecule has 0 bridgehead atoms. The van der Waals surface area contributed by atoms with Crippen LogP contribution in [0, 0.1) is 0 Å². The number of hydrogen-bond donors (Lipinski definition) is 1. The Morgan fingerprint density at radius 3 is 2.30 bits per heavy atom. The van der Waals surface area contributed by atoms with Crippen LogP contribution in [0.1, 0.15) is 56.6 Å². The van der Waals surface area contributed by atoms with Gasteiger partial charge in [0.25, 0.3) is 0 Å².